The maximum Gasteiger partial charge on any atom is -0.00203 e. The summed E-state index contributed by atoms with van der Waals surface area (Å²) in [7, 11) is 0. The van der Waals surface area contributed by atoms with Crippen LogP contribution in [0.4, 0.5) is 0 Å². The third-order valence-corrected chi connectivity index (χ3v) is 3.12. The van der Waals surface area contributed by atoms with Gasteiger partial charge < -0.3 is 5.32 Å². The third kappa shape index (κ3) is 8.92. The summed E-state index contributed by atoms with van der Waals surface area (Å²) in [5.41, 5.74) is 0. The van der Waals surface area contributed by atoms with E-state index in [9.17, 15) is 0 Å². The van der Waals surface area contributed by atoms with Gasteiger partial charge >= 0.3 is 0 Å². The average molecular weight is 213 g/mol. The van der Waals surface area contributed by atoms with Crippen molar-refractivity contribution in [2.45, 2.75) is 60.3 Å². The first-order valence-electron chi connectivity index (χ1n) is 6.80. The Morgan fingerprint density at radius 3 is 2.13 bits per heavy atom. The molecule has 0 amide bonds. The predicted molar refractivity (Wildman–Crippen MR) is 70.2 cm³/mol. The third-order valence-electron chi connectivity index (χ3n) is 3.12. The van der Waals surface area contributed by atoms with Gasteiger partial charge in [0.2, 0.25) is 0 Å². The van der Waals surface area contributed by atoms with E-state index in [1.54, 1.807) is 0 Å². The Kier molecular flexibility index (Phi) is 9.18. The van der Waals surface area contributed by atoms with Crippen molar-refractivity contribution in [2.75, 3.05) is 13.1 Å². The molecule has 0 rings (SSSR count). The standard InChI is InChI=1S/C14H31N/c1-6-8-14(9-13(5)7-2)11-15-10-12(3)4/h12-15H,6-11H2,1-5H3. The quantitative estimate of drug-likeness (QED) is 0.608. The molecule has 15 heavy (non-hydrogen) atoms. The Labute approximate surface area is 97.0 Å². The summed E-state index contributed by atoms with van der Waals surface area (Å²) in [6.07, 6.45) is 5.43. The van der Waals surface area contributed by atoms with Crippen LogP contribution in [0.15, 0.2) is 0 Å². The molecule has 0 saturated heterocycles. The van der Waals surface area contributed by atoms with Gasteiger partial charge in [-0.1, -0.05) is 47.5 Å². The summed E-state index contributed by atoms with van der Waals surface area (Å²) in [5, 5.41) is 3.60. The van der Waals surface area contributed by atoms with Crippen LogP contribution in [0.1, 0.15) is 60.3 Å². The SMILES string of the molecule is CCCC(CNCC(C)C)CC(C)CC. The molecule has 0 saturated carbocycles. The Morgan fingerprint density at radius 1 is 1.00 bits per heavy atom. The zero-order valence-electron chi connectivity index (χ0n) is 11.5. The van der Waals surface area contributed by atoms with E-state index < -0.39 is 0 Å². The maximum absolute atomic E-state index is 3.60. The highest BCUT2D eigenvalue weighted by atomic mass is 14.9. The molecule has 2 atom stereocenters. The summed E-state index contributed by atoms with van der Waals surface area (Å²) >= 11 is 0. The summed E-state index contributed by atoms with van der Waals surface area (Å²) in [6.45, 7) is 13.9. The van der Waals surface area contributed by atoms with E-state index in [1.165, 1.54) is 38.8 Å². The molecule has 0 aliphatic carbocycles. The van der Waals surface area contributed by atoms with Crippen molar-refractivity contribution >= 4 is 0 Å². The average Bonchev–Trinajstić information content (AvgIpc) is 2.17. The van der Waals surface area contributed by atoms with Gasteiger partial charge in [-0.05, 0) is 43.7 Å². The van der Waals surface area contributed by atoms with E-state index in [4.69, 9.17) is 0 Å². The van der Waals surface area contributed by atoms with Crippen LogP contribution in [-0.2, 0) is 0 Å². The molecule has 1 heteroatoms. The fourth-order valence-corrected chi connectivity index (χ4v) is 2.02. The number of hydrogen-bond donors (Lipinski definition) is 1. The Bertz CT molecular complexity index is 131. The van der Waals surface area contributed by atoms with Crippen LogP contribution in [0.5, 0.6) is 0 Å². The Balaban J connectivity index is 3.72. The molecule has 1 N–H and O–H groups in total. The largest absolute Gasteiger partial charge is 0.316 e. The molecule has 0 spiro atoms. The molecule has 1 nitrogen and oxygen atoms in total. The van der Waals surface area contributed by atoms with Gasteiger partial charge in [0.25, 0.3) is 0 Å². The van der Waals surface area contributed by atoms with E-state index in [1.807, 2.05) is 0 Å². The first-order valence-corrected chi connectivity index (χ1v) is 6.80. The summed E-state index contributed by atoms with van der Waals surface area (Å²) in [5.74, 6) is 2.56. The van der Waals surface area contributed by atoms with Crippen LogP contribution >= 0.6 is 0 Å². The second-order valence-electron chi connectivity index (χ2n) is 5.46. The van der Waals surface area contributed by atoms with Gasteiger partial charge in [-0.2, -0.15) is 0 Å². The van der Waals surface area contributed by atoms with Crippen LogP contribution in [0, 0.1) is 17.8 Å². The monoisotopic (exact) mass is 213 g/mol. The molecule has 0 aromatic rings. The van der Waals surface area contributed by atoms with Crippen LogP contribution in [0.3, 0.4) is 0 Å². The van der Waals surface area contributed by atoms with Crippen LogP contribution < -0.4 is 5.32 Å². The molecule has 0 aliphatic heterocycles. The van der Waals surface area contributed by atoms with Crippen molar-refractivity contribution in [3.8, 4) is 0 Å². The summed E-state index contributed by atoms with van der Waals surface area (Å²) in [4.78, 5) is 0. The second-order valence-corrected chi connectivity index (χ2v) is 5.46. The molecule has 0 fully saturated rings. The lowest BCUT2D eigenvalue weighted by atomic mass is 9.90. The summed E-state index contributed by atoms with van der Waals surface area (Å²) in [6, 6.07) is 0. The predicted octanol–water partition coefficient (Wildman–Crippen LogP) is 4.08. The molecule has 2 unspecified atom stereocenters. The minimum atomic E-state index is 0.774. The van der Waals surface area contributed by atoms with Crippen LogP contribution in [0.2, 0.25) is 0 Å². The highest BCUT2D eigenvalue weighted by Crippen LogP contribution is 2.18. The lowest BCUT2D eigenvalue weighted by molar-refractivity contribution is 0.339. The molecule has 0 aliphatic rings. The molecular weight excluding hydrogens is 182 g/mol. The lowest BCUT2D eigenvalue weighted by Crippen LogP contribution is -2.27. The van der Waals surface area contributed by atoms with E-state index in [2.05, 4.69) is 39.9 Å². The van der Waals surface area contributed by atoms with Crippen molar-refractivity contribution in [3.05, 3.63) is 0 Å². The zero-order valence-corrected chi connectivity index (χ0v) is 11.5. The highest BCUT2D eigenvalue weighted by Gasteiger charge is 2.11. The first-order chi connectivity index (χ1) is 7.10. The Morgan fingerprint density at radius 2 is 1.67 bits per heavy atom. The Hall–Kier alpha value is -0.0400. The van der Waals surface area contributed by atoms with E-state index >= 15 is 0 Å². The molecule has 0 heterocycles. The molecule has 0 aromatic heterocycles. The van der Waals surface area contributed by atoms with Crippen molar-refractivity contribution in [3.63, 3.8) is 0 Å². The first kappa shape index (κ1) is 15.0. The molecule has 92 valence electrons. The van der Waals surface area contributed by atoms with Crippen molar-refractivity contribution in [1.82, 2.24) is 5.32 Å². The van der Waals surface area contributed by atoms with Gasteiger partial charge in [-0.3, -0.25) is 0 Å². The highest BCUT2D eigenvalue weighted by molar-refractivity contribution is 4.66. The van der Waals surface area contributed by atoms with Crippen LogP contribution in [-0.4, -0.2) is 13.1 Å². The number of rotatable bonds is 9. The number of hydrogen-bond acceptors (Lipinski definition) is 1. The van der Waals surface area contributed by atoms with E-state index in [0.29, 0.717) is 0 Å². The van der Waals surface area contributed by atoms with Gasteiger partial charge in [-0.25, -0.2) is 0 Å². The minimum absolute atomic E-state index is 0.774. The minimum Gasteiger partial charge on any atom is -0.316 e. The van der Waals surface area contributed by atoms with Gasteiger partial charge in [0, 0.05) is 0 Å². The smallest absolute Gasteiger partial charge is 0.00203 e. The zero-order chi connectivity index (χ0) is 11.7. The number of nitrogens with one attached hydrogen (secondary N) is 1. The fraction of sp³-hybridized carbons (Fsp3) is 1.00. The van der Waals surface area contributed by atoms with Crippen molar-refractivity contribution in [2.24, 2.45) is 17.8 Å². The molecule has 0 bridgehead atoms. The van der Waals surface area contributed by atoms with Gasteiger partial charge in [0.15, 0.2) is 0 Å². The van der Waals surface area contributed by atoms with E-state index in [0.717, 1.165) is 17.8 Å². The van der Waals surface area contributed by atoms with E-state index in [-0.39, 0.29) is 0 Å². The normalized spacial score (nSPS) is 15.6. The van der Waals surface area contributed by atoms with Gasteiger partial charge in [0.1, 0.15) is 0 Å². The van der Waals surface area contributed by atoms with Crippen molar-refractivity contribution < 1.29 is 0 Å². The fourth-order valence-electron chi connectivity index (χ4n) is 2.02. The maximum atomic E-state index is 3.60. The molecule has 0 radical (unpaired) electrons. The second kappa shape index (κ2) is 9.21. The molecular formula is C14H31N. The summed E-state index contributed by atoms with van der Waals surface area (Å²) < 4.78 is 0. The lowest BCUT2D eigenvalue weighted by Gasteiger charge is -2.21. The van der Waals surface area contributed by atoms with Gasteiger partial charge in [0.05, 0.1) is 0 Å². The van der Waals surface area contributed by atoms with Crippen LogP contribution in [0.25, 0.3) is 0 Å². The topological polar surface area (TPSA) is 12.0 Å². The van der Waals surface area contributed by atoms with Gasteiger partial charge in [-0.15, -0.1) is 0 Å². The van der Waals surface area contributed by atoms with Crippen molar-refractivity contribution in [1.29, 1.82) is 0 Å². The molecule has 0 aromatic carbocycles.